The zero-order valence-corrected chi connectivity index (χ0v) is 28.2. The van der Waals surface area contributed by atoms with Crippen molar-refractivity contribution < 1.29 is 61.9 Å². The normalized spacial score (nSPS) is 19.8. The molecule has 0 aliphatic heterocycles. The molecule has 1 aromatic rings. The summed E-state index contributed by atoms with van der Waals surface area (Å²) >= 11 is 0. The Morgan fingerprint density at radius 2 is 1.80 bits per heavy atom. The van der Waals surface area contributed by atoms with Gasteiger partial charge in [0, 0.05) is 25.2 Å². The van der Waals surface area contributed by atoms with E-state index in [9.17, 15) is 47.9 Å². The van der Waals surface area contributed by atoms with Gasteiger partial charge in [0.1, 0.15) is 18.9 Å². The molecule has 0 aromatic heterocycles. The van der Waals surface area contributed by atoms with E-state index < -0.39 is 65.4 Å². The van der Waals surface area contributed by atoms with Crippen molar-refractivity contribution in [2.75, 3.05) is 19.8 Å². The molecular formula is C34H47F3N2O11. The van der Waals surface area contributed by atoms with Gasteiger partial charge in [0.05, 0.1) is 30.5 Å². The minimum atomic E-state index is -4.60. The van der Waals surface area contributed by atoms with Crippen LogP contribution in [0.4, 0.5) is 13.2 Å². The van der Waals surface area contributed by atoms with Gasteiger partial charge in [0.25, 0.3) is 5.09 Å². The number of unbranched alkanes of at least 4 members (excludes halogenated alkanes) is 3. The highest BCUT2D eigenvalue weighted by Gasteiger charge is 2.39. The zero-order valence-electron chi connectivity index (χ0n) is 28.2. The molecule has 0 heterocycles. The fourth-order valence-corrected chi connectivity index (χ4v) is 5.26. The van der Waals surface area contributed by atoms with E-state index in [-0.39, 0.29) is 50.3 Å². The van der Waals surface area contributed by atoms with E-state index in [0.717, 1.165) is 12.1 Å². The molecule has 50 heavy (non-hydrogen) atoms. The Hall–Kier alpha value is -4.18. The number of amides is 1. The van der Waals surface area contributed by atoms with E-state index in [0.29, 0.717) is 38.5 Å². The molecule has 0 unspecified atom stereocenters. The monoisotopic (exact) mass is 716 g/mol. The summed E-state index contributed by atoms with van der Waals surface area (Å²) in [6, 6.07) is 4.18. The molecule has 0 bridgehead atoms. The second kappa shape index (κ2) is 21.8. The van der Waals surface area contributed by atoms with E-state index in [1.807, 2.05) is 12.2 Å². The molecule has 1 aromatic carbocycles. The lowest BCUT2D eigenvalue weighted by Crippen LogP contribution is -2.33. The second-order valence-corrected chi connectivity index (χ2v) is 12.1. The molecule has 3 N–H and O–H groups in total. The molecular weight excluding hydrogens is 669 g/mol. The van der Waals surface area contributed by atoms with Crippen molar-refractivity contribution in [3.8, 4) is 5.75 Å². The van der Waals surface area contributed by atoms with Crippen LogP contribution >= 0.6 is 0 Å². The van der Waals surface area contributed by atoms with Crippen LogP contribution in [0.3, 0.4) is 0 Å². The van der Waals surface area contributed by atoms with Gasteiger partial charge in [-0.25, -0.2) is 0 Å². The topological polar surface area (TPSA) is 184 Å². The lowest BCUT2D eigenvalue weighted by atomic mass is 9.89. The van der Waals surface area contributed by atoms with Gasteiger partial charge in [-0.1, -0.05) is 30.7 Å². The van der Waals surface area contributed by atoms with Crippen molar-refractivity contribution >= 4 is 17.8 Å². The van der Waals surface area contributed by atoms with Crippen LogP contribution in [0.25, 0.3) is 0 Å². The van der Waals surface area contributed by atoms with Crippen LogP contribution in [0.2, 0.25) is 0 Å². The second-order valence-electron chi connectivity index (χ2n) is 12.1. The third-order valence-corrected chi connectivity index (χ3v) is 7.69. The number of hydrogen-bond acceptors (Lipinski definition) is 11. The minimum Gasteiger partial charge on any atom is -0.489 e. The van der Waals surface area contributed by atoms with Gasteiger partial charge in [-0.3, -0.25) is 14.4 Å². The maximum absolute atomic E-state index is 13.2. The number of hydrogen-bond donors (Lipinski definition) is 3. The van der Waals surface area contributed by atoms with Gasteiger partial charge in [0.2, 0.25) is 5.91 Å². The van der Waals surface area contributed by atoms with Crippen LogP contribution in [-0.2, 0) is 34.9 Å². The molecule has 13 nitrogen and oxygen atoms in total. The molecule has 1 aliphatic rings. The Labute approximate surface area is 288 Å². The Balaban J connectivity index is 2.02. The quantitative estimate of drug-likeness (QED) is 0.0490. The van der Waals surface area contributed by atoms with Gasteiger partial charge in [-0.2, -0.15) is 13.2 Å². The molecule has 2 rings (SSSR count). The van der Waals surface area contributed by atoms with Gasteiger partial charge in [-0.15, -0.1) is 10.1 Å². The summed E-state index contributed by atoms with van der Waals surface area (Å²) < 4.78 is 55.7. The summed E-state index contributed by atoms with van der Waals surface area (Å²) in [7, 11) is 0. The third-order valence-electron chi connectivity index (χ3n) is 7.69. The van der Waals surface area contributed by atoms with E-state index >= 15 is 0 Å². The Kier molecular flexibility index (Phi) is 18.3. The summed E-state index contributed by atoms with van der Waals surface area (Å²) in [6.07, 6.45) is 2.37. The number of carbonyl (C=O) groups excluding carboxylic acids is 3. The molecule has 1 aliphatic carbocycles. The van der Waals surface area contributed by atoms with Crippen LogP contribution in [0.5, 0.6) is 5.75 Å². The van der Waals surface area contributed by atoms with E-state index in [1.54, 1.807) is 19.9 Å². The summed E-state index contributed by atoms with van der Waals surface area (Å²) in [6.45, 7) is 2.55. The van der Waals surface area contributed by atoms with Crippen LogP contribution in [0, 0.1) is 22.0 Å². The largest absolute Gasteiger partial charge is 0.489 e. The van der Waals surface area contributed by atoms with Gasteiger partial charge in [0.15, 0.2) is 6.10 Å². The lowest BCUT2D eigenvalue weighted by Gasteiger charge is -2.21. The molecule has 0 radical (unpaired) electrons. The lowest BCUT2D eigenvalue weighted by molar-refractivity contribution is -0.757. The minimum absolute atomic E-state index is 0.0517. The number of nitrogens with one attached hydrogen (secondary N) is 1. The molecule has 1 amide bonds. The maximum Gasteiger partial charge on any atom is 0.416 e. The number of carbonyl (C=O) groups is 3. The maximum atomic E-state index is 13.2. The Bertz CT molecular complexity index is 1290. The standard InChI is InChI=1S/C34H47F3N2O11/c1-23(2)49-32(43)15-8-4-3-6-13-27-28(30(41)20-29(27)40)17-16-26(22-47-25-12-10-11-24(19-25)34(35,36)37)50-33(44)21-38-31(42)14-7-5-9-18-48-39(45)46/h3,6,10-12,16-17,19,23,26-30,40-41H,4-5,7-9,13-15,18,20-22H2,1-2H3,(H,38,42)/b6-3-,17-16+/t26-,27-,28-,29+,30-/m1/s1. The molecule has 1 saturated carbocycles. The number of benzene rings is 1. The van der Waals surface area contributed by atoms with Crippen molar-refractivity contribution in [2.24, 2.45) is 11.8 Å². The summed E-state index contributed by atoms with van der Waals surface area (Å²) in [5, 5.41) is 33.0. The number of alkyl halides is 3. The van der Waals surface area contributed by atoms with E-state index in [1.165, 1.54) is 18.2 Å². The van der Waals surface area contributed by atoms with Crippen molar-refractivity contribution in [1.82, 2.24) is 5.32 Å². The number of aliphatic hydroxyl groups is 2. The molecule has 16 heteroatoms. The SMILES string of the molecule is CC(C)OC(=O)CCC/C=C\C[C@@H]1[C@@H](/C=C/[C@H](COc2cccc(C(F)(F)F)c2)OC(=O)CNC(=O)CCCCCO[N+](=O)[O-])[C@H](O)C[C@@H]1O. The first-order chi connectivity index (χ1) is 23.6. The predicted octanol–water partition coefficient (Wildman–Crippen LogP) is 4.86. The van der Waals surface area contributed by atoms with Crippen molar-refractivity contribution in [1.29, 1.82) is 0 Å². The van der Waals surface area contributed by atoms with E-state index in [2.05, 4.69) is 10.2 Å². The number of esters is 2. The van der Waals surface area contributed by atoms with Gasteiger partial charge < -0.3 is 34.6 Å². The number of aliphatic hydroxyl groups excluding tert-OH is 2. The van der Waals surface area contributed by atoms with Crippen LogP contribution < -0.4 is 10.1 Å². The van der Waals surface area contributed by atoms with Crippen molar-refractivity contribution in [3.05, 3.63) is 64.2 Å². The number of allylic oxidation sites excluding steroid dienone is 2. The zero-order chi connectivity index (χ0) is 37.1. The Morgan fingerprint density at radius 1 is 1.04 bits per heavy atom. The van der Waals surface area contributed by atoms with Crippen molar-refractivity contribution in [3.63, 3.8) is 0 Å². The summed E-state index contributed by atoms with van der Waals surface area (Å²) in [4.78, 5) is 50.9. The summed E-state index contributed by atoms with van der Waals surface area (Å²) in [5.41, 5.74) is -0.929. The highest BCUT2D eigenvalue weighted by molar-refractivity contribution is 5.81. The van der Waals surface area contributed by atoms with Crippen molar-refractivity contribution in [2.45, 2.75) is 102 Å². The van der Waals surface area contributed by atoms with Gasteiger partial charge >= 0.3 is 18.1 Å². The van der Waals surface area contributed by atoms with Crippen LogP contribution in [0.1, 0.15) is 77.2 Å². The number of ether oxygens (including phenoxy) is 3. The fourth-order valence-electron chi connectivity index (χ4n) is 5.26. The number of rotatable bonds is 22. The number of nitrogens with zero attached hydrogens (tertiary/aromatic N) is 1. The molecule has 5 atom stereocenters. The first-order valence-corrected chi connectivity index (χ1v) is 16.6. The molecule has 1 fully saturated rings. The molecule has 280 valence electrons. The smallest absolute Gasteiger partial charge is 0.416 e. The van der Waals surface area contributed by atoms with Crippen LogP contribution in [0.15, 0.2) is 48.6 Å². The molecule has 0 saturated heterocycles. The highest BCUT2D eigenvalue weighted by atomic mass is 19.4. The first kappa shape index (κ1) is 42.0. The molecule has 0 spiro atoms. The average molecular weight is 717 g/mol. The third kappa shape index (κ3) is 17.0. The highest BCUT2D eigenvalue weighted by Crippen LogP contribution is 2.36. The van der Waals surface area contributed by atoms with E-state index in [4.69, 9.17) is 14.2 Å². The average Bonchev–Trinajstić information content (AvgIpc) is 3.31. The Morgan fingerprint density at radius 3 is 2.50 bits per heavy atom. The predicted molar refractivity (Wildman–Crippen MR) is 173 cm³/mol. The summed E-state index contributed by atoms with van der Waals surface area (Å²) in [5.74, 6) is -2.67. The van der Waals surface area contributed by atoms with Gasteiger partial charge in [-0.05, 0) is 76.1 Å². The first-order valence-electron chi connectivity index (χ1n) is 16.6. The van der Waals surface area contributed by atoms with Crippen LogP contribution in [-0.4, -0.2) is 77.3 Å². The fraction of sp³-hybridized carbons (Fsp3) is 0.618. The number of halogens is 3.